The fourth-order valence-corrected chi connectivity index (χ4v) is 2.33. The van der Waals surface area contributed by atoms with E-state index < -0.39 is 9.84 Å². The van der Waals surface area contributed by atoms with Crippen molar-refractivity contribution >= 4 is 15.9 Å². The number of sulfone groups is 1. The van der Waals surface area contributed by atoms with Gasteiger partial charge in [-0.05, 0) is 25.5 Å². The quantitative estimate of drug-likeness (QED) is 0.851. The Morgan fingerprint density at radius 1 is 1.45 bits per heavy atom. The number of aryl methyl sites for hydroxylation is 1. The summed E-state index contributed by atoms with van der Waals surface area (Å²) in [6.07, 6.45) is 5.01. The van der Waals surface area contributed by atoms with Gasteiger partial charge in [-0.2, -0.15) is 0 Å². The summed E-state index contributed by atoms with van der Waals surface area (Å²) in [5, 5.41) is 2.81. The molecule has 1 N–H and O–H groups in total. The first kappa shape index (κ1) is 16.6. The van der Waals surface area contributed by atoms with Crippen LogP contribution in [0.25, 0.3) is 0 Å². The van der Waals surface area contributed by atoms with Crippen LogP contribution in [-0.2, 0) is 23.4 Å². The molecule has 20 heavy (non-hydrogen) atoms. The lowest BCUT2D eigenvalue weighted by molar-refractivity contribution is 0.187. The van der Waals surface area contributed by atoms with E-state index in [1.165, 1.54) is 11.2 Å². The summed E-state index contributed by atoms with van der Waals surface area (Å²) in [4.78, 5) is 13.6. The maximum atomic E-state index is 12.1. The van der Waals surface area contributed by atoms with Crippen molar-refractivity contribution in [2.24, 2.45) is 7.05 Å². The van der Waals surface area contributed by atoms with Gasteiger partial charge in [0.25, 0.3) is 0 Å². The van der Waals surface area contributed by atoms with Gasteiger partial charge >= 0.3 is 6.03 Å². The summed E-state index contributed by atoms with van der Waals surface area (Å²) in [7, 11) is -1.16. The molecule has 0 saturated carbocycles. The fourth-order valence-electron chi connectivity index (χ4n) is 1.80. The maximum absolute atomic E-state index is 12.1. The average molecular weight is 301 g/mol. The number of rotatable bonds is 6. The molecule has 1 rings (SSSR count). The van der Waals surface area contributed by atoms with Crippen LogP contribution in [0.4, 0.5) is 4.79 Å². The third kappa shape index (κ3) is 5.64. The molecule has 0 saturated heterocycles. The molecular formula is C13H23N3O3S. The summed E-state index contributed by atoms with van der Waals surface area (Å²) in [6, 6.07) is 1.64. The Morgan fingerprint density at radius 2 is 2.10 bits per heavy atom. The Hall–Kier alpha value is -1.50. The molecule has 0 spiro atoms. The van der Waals surface area contributed by atoms with Crippen molar-refractivity contribution in [1.82, 2.24) is 14.8 Å². The number of aromatic nitrogens is 1. The molecule has 1 aromatic rings. The molecule has 0 fully saturated rings. The zero-order chi connectivity index (χ0) is 15.3. The van der Waals surface area contributed by atoms with Gasteiger partial charge in [0.05, 0.1) is 5.75 Å². The summed E-state index contributed by atoms with van der Waals surface area (Å²) in [6.45, 7) is 4.37. The predicted molar refractivity (Wildman–Crippen MR) is 79.2 cm³/mol. The van der Waals surface area contributed by atoms with Crippen LogP contribution in [0.2, 0.25) is 0 Å². The van der Waals surface area contributed by atoms with Crippen LogP contribution in [-0.4, -0.2) is 48.5 Å². The van der Waals surface area contributed by atoms with Gasteiger partial charge < -0.3 is 14.8 Å². The lowest BCUT2D eigenvalue weighted by Crippen LogP contribution is -2.45. The number of nitrogens with one attached hydrogen (secondary N) is 1. The van der Waals surface area contributed by atoms with Gasteiger partial charge in [0.1, 0.15) is 9.84 Å². The van der Waals surface area contributed by atoms with Crippen LogP contribution in [0.3, 0.4) is 0 Å². The van der Waals surface area contributed by atoms with E-state index in [0.29, 0.717) is 6.54 Å². The molecule has 1 aromatic heterocycles. The van der Waals surface area contributed by atoms with Gasteiger partial charge in [-0.1, -0.05) is 0 Å². The summed E-state index contributed by atoms with van der Waals surface area (Å²) in [5.41, 5.74) is 1.01. The Morgan fingerprint density at radius 3 is 2.55 bits per heavy atom. The molecule has 1 heterocycles. The zero-order valence-corrected chi connectivity index (χ0v) is 13.3. The second-order valence-electron chi connectivity index (χ2n) is 5.26. The highest BCUT2D eigenvalue weighted by Gasteiger charge is 2.18. The zero-order valence-electron chi connectivity index (χ0n) is 12.5. The third-order valence-corrected chi connectivity index (χ3v) is 3.85. The molecule has 6 nitrogen and oxygen atoms in total. The van der Waals surface area contributed by atoms with Crippen LogP contribution in [0.1, 0.15) is 19.4 Å². The van der Waals surface area contributed by atoms with Crippen LogP contribution in [0, 0.1) is 0 Å². The first-order valence-electron chi connectivity index (χ1n) is 6.52. The Labute approximate surface area is 120 Å². The van der Waals surface area contributed by atoms with E-state index in [9.17, 15) is 13.2 Å². The van der Waals surface area contributed by atoms with E-state index in [-0.39, 0.29) is 24.4 Å². The highest BCUT2D eigenvalue weighted by Crippen LogP contribution is 2.03. The third-order valence-electron chi connectivity index (χ3n) is 2.92. The van der Waals surface area contributed by atoms with Crippen molar-refractivity contribution in [1.29, 1.82) is 0 Å². The summed E-state index contributed by atoms with van der Waals surface area (Å²) >= 11 is 0. The number of hydrogen-bond donors (Lipinski definition) is 1. The predicted octanol–water partition coefficient (Wildman–Crippen LogP) is 0.990. The maximum Gasteiger partial charge on any atom is 0.317 e. The molecule has 0 radical (unpaired) electrons. The van der Waals surface area contributed by atoms with Gasteiger partial charge in [-0.15, -0.1) is 0 Å². The van der Waals surface area contributed by atoms with Crippen molar-refractivity contribution in [3.63, 3.8) is 0 Å². The number of amides is 2. The molecule has 0 aliphatic heterocycles. The molecule has 0 aliphatic carbocycles. The van der Waals surface area contributed by atoms with E-state index in [1.54, 1.807) is 0 Å². The second-order valence-corrected chi connectivity index (χ2v) is 7.52. The normalized spacial score (nSPS) is 11.7. The molecular weight excluding hydrogens is 278 g/mol. The lowest BCUT2D eigenvalue weighted by atomic mass is 10.3. The number of urea groups is 1. The molecule has 0 aliphatic rings. The highest BCUT2D eigenvalue weighted by atomic mass is 32.2. The lowest BCUT2D eigenvalue weighted by Gasteiger charge is -2.26. The average Bonchev–Trinajstić information content (AvgIpc) is 2.70. The Kier molecular flexibility index (Phi) is 5.62. The van der Waals surface area contributed by atoms with Crippen molar-refractivity contribution in [3.05, 3.63) is 24.0 Å². The minimum Gasteiger partial charge on any atom is -0.357 e. The number of carbonyl (C=O) groups excluding carboxylic acids is 1. The van der Waals surface area contributed by atoms with E-state index >= 15 is 0 Å². The van der Waals surface area contributed by atoms with Crippen molar-refractivity contribution < 1.29 is 13.2 Å². The standard InChI is InChI=1S/C13H23N3O3S/c1-11(2)16(7-8-20(4,18)19)13(17)14-9-12-5-6-15(3)10-12/h5-6,10-11H,7-9H2,1-4H3,(H,14,17). The van der Waals surface area contributed by atoms with Crippen LogP contribution >= 0.6 is 0 Å². The summed E-state index contributed by atoms with van der Waals surface area (Å²) in [5.74, 6) is -0.0239. The minimum atomic E-state index is -3.07. The Balaban J connectivity index is 2.56. The summed E-state index contributed by atoms with van der Waals surface area (Å²) < 4.78 is 24.3. The molecule has 0 unspecified atom stereocenters. The van der Waals surface area contributed by atoms with Crippen molar-refractivity contribution in [2.75, 3.05) is 18.6 Å². The number of nitrogens with zero attached hydrogens (tertiary/aromatic N) is 2. The molecule has 0 bridgehead atoms. The molecule has 0 aromatic carbocycles. The van der Waals surface area contributed by atoms with Gasteiger partial charge in [0.15, 0.2) is 0 Å². The largest absolute Gasteiger partial charge is 0.357 e. The molecule has 2 amide bonds. The smallest absolute Gasteiger partial charge is 0.317 e. The highest BCUT2D eigenvalue weighted by molar-refractivity contribution is 7.90. The SMILES string of the molecule is CC(C)N(CCS(C)(=O)=O)C(=O)NCc1ccn(C)c1. The minimum absolute atomic E-state index is 0.0239. The van der Waals surface area contributed by atoms with E-state index in [4.69, 9.17) is 0 Å². The van der Waals surface area contributed by atoms with E-state index in [0.717, 1.165) is 5.56 Å². The van der Waals surface area contributed by atoms with Crippen LogP contribution in [0.15, 0.2) is 18.5 Å². The van der Waals surface area contributed by atoms with Crippen LogP contribution < -0.4 is 5.32 Å². The number of carbonyl (C=O) groups is 1. The van der Waals surface area contributed by atoms with Gasteiger partial charge in [-0.3, -0.25) is 0 Å². The van der Waals surface area contributed by atoms with Gasteiger partial charge in [-0.25, -0.2) is 13.2 Å². The molecule has 114 valence electrons. The van der Waals surface area contributed by atoms with E-state index in [2.05, 4.69) is 5.32 Å². The monoisotopic (exact) mass is 301 g/mol. The van der Waals surface area contributed by atoms with Crippen molar-refractivity contribution in [3.8, 4) is 0 Å². The number of hydrogen-bond acceptors (Lipinski definition) is 3. The van der Waals surface area contributed by atoms with E-state index in [1.807, 2.05) is 43.9 Å². The second kappa shape index (κ2) is 6.78. The topological polar surface area (TPSA) is 71.4 Å². The van der Waals surface area contributed by atoms with Gasteiger partial charge in [0, 0.05) is 44.8 Å². The fraction of sp³-hybridized carbons (Fsp3) is 0.615. The first-order chi connectivity index (χ1) is 9.19. The molecule has 7 heteroatoms. The van der Waals surface area contributed by atoms with Gasteiger partial charge in [0.2, 0.25) is 0 Å². The van der Waals surface area contributed by atoms with Crippen LogP contribution in [0.5, 0.6) is 0 Å². The van der Waals surface area contributed by atoms with Crippen molar-refractivity contribution in [2.45, 2.75) is 26.4 Å². The molecule has 0 atom stereocenters. The first-order valence-corrected chi connectivity index (χ1v) is 8.58. The Bertz CT molecular complexity index is 549.